The lowest BCUT2D eigenvalue weighted by atomic mass is 10.3. The molecule has 0 unspecified atom stereocenters. The third-order valence-corrected chi connectivity index (χ3v) is 2.12. The number of aromatic nitrogens is 2. The van der Waals surface area contributed by atoms with Crippen molar-refractivity contribution in [3.05, 3.63) is 45.6 Å². The molecule has 0 amide bonds. The van der Waals surface area contributed by atoms with Gasteiger partial charge in [0.2, 0.25) is 5.88 Å². The van der Waals surface area contributed by atoms with E-state index in [1.54, 1.807) is 6.07 Å². The maximum Gasteiger partial charge on any atom is 0.288 e. The molecule has 1 heterocycles. The number of hydrogen-bond acceptors (Lipinski definition) is 4. The van der Waals surface area contributed by atoms with Gasteiger partial charge < -0.3 is 4.74 Å². The highest BCUT2D eigenvalue weighted by atomic mass is 35.5. The van der Waals surface area contributed by atoms with E-state index < -0.39 is 4.92 Å². The number of nitrogens with one attached hydrogen (secondary N) is 1. The van der Waals surface area contributed by atoms with Gasteiger partial charge in [0.1, 0.15) is 10.8 Å². The van der Waals surface area contributed by atoms with E-state index in [-0.39, 0.29) is 10.7 Å². The van der Waals surface area contributed by atoms with Gasteiger partial charge in [-0.3, -0.25) is 10.1 Å². The quantitative estimate of drug-likeness (QED) is 0.660. The Labute approximate surface area is 95.0 Å². The second-order valence-electron chi connectivity index (χ2n) is 2.89. The molecule has 0 atom stereocenters. The monoisotopic (exact) mass is 239 g/mol. The number of halogens is 1. The maximum atomic E-state index is 10.5. The van der Waals surface area contributed by atoms with Crippen LogP contribution in [0.2, 0.25) is 5.02 Å². The number of nitro groups is 1. The van der Waals surface area contributed by atoms with Crippen molar-refractivity contribution in [1.29, 1.82) is 0 Å². The highest BCUT2D eigenvalue weighted by molar-refractivity contribution is 6.32. The van der Waals surface area contributed by atoms with Crippen LogP contribution in [0.5, 0.6) is 11.6 Å². The first kappa shape index (κ1) is 10.4. The molecule has 16 heavy (non-hydrogen) atoms. The molecule has 1 aromatic heterocycles. The molecule has 0 saturated heterocycles. The van der Waals surface area contributed by atoms with Crippen LogP contribution in [0, 0.1) is 10.1 Å². The molecule has 0 fully saturated rings. The Morgan fingerprint density at radius 2 is 2.25 bits per heavy atom. The van der Waals surface area contributed by atoms with Crippen molar-refractivity contribution in [2.45, 2.75) is 0 Å². The predicted molar refractivity (Wildman–Crippen MR) is 56.8 cm³/mol. The van der Waals surface area contributed by atoms with Gasteiger partial charge in [0.15, 0.2) is 0 Å². The van der Waals surface area contributed by atoms with E-state index in [9.17, 15) is 10.1 Å². The van der Waals surface area contributed by atoms with Crippen molar-refractivity contribution in [2.24, 2.45) is 0 Å². The highest BCUT2D eigenvalue weighted by Gasteiger charge is 2.12. The van der Waals surface area contributed by atoms with Crippen molar-refractivity contribution in [1.82, 2.24) is 10.2 Å². The average molecular weight is 240 g/mol. The number of ether oxygens (including phenoxy) is 1. The second-order valence-corrected chi connectivity index (χ2v) is 3.30. The number of benzene rings is 1. The Bertz CT molecular complexity index is 513. The third-order valence-electron chi connectivity index (χ3n) is 1.82. The average Bonchev–Trinajstić information content (AvgIpc) is 2.70. The minimum absolute atomic E-state index is 0.0296. The molecule has 0 aliphatic heterocycles. The summed E-state index contributed by atoms with van der Waals surface area (Å²) in [7, 11) is 0. The number of H-pyrrole nitrogens is 1. The maximum absolute atomic E-state index is 10.5. The summed E-state index contributed by atoms with van der Waals surface area (Å²) in [6.45, 7) is 0. The number of aromatic amines is 1. The largest absolute Gasteiger partial charge is 0.439 e. The minimum Gasteiger partial charge on any atom is -0.439 e. The predicted octanol–water partition coefficient (Wildman–Crippen LogP) is 2.76. The molecule has 1 aromatic carbocycles. The summed E-state index contributed by atoms with van der Waals surface area (Å²) in [6.07, 6.45) is 1.53. The van der Waals surface area contributed by atoms with Gasteiger partial charge in [0.25, 0.3) is 5.69 Å². The Morgan fingerprint density at radius 3 is 2.81 bits per heavy atom. The van der Waals surface area contributed by atoms with Crippen LogP contribution in [0.15, 0.2) is 30.5 Å². The Morgan fingerprint density at radius 1 is 1.44 bits per heavy atom. The van der Waals surface area contributed by atoms with E-state index in [1.165, 1.54) is 24.4 Å². The smallest absolute Gasteiger partial charge is 0.288 e. The molecule has 82 valence electrons. The van der Waals surface area contributed by atoms with Crippen LogP contribution in [0.1, 0.15) is 0 Å². The van der Waals surface area contributed by atoms with Gasteiger partial charge in [-0.05, 0) is 6.07 Å². The Kier molecular flexibility index (Phi) is 2.74. The zero-order valence-electron chi connectivity index (χ0n) is 7.88. The number of hydrogen-bond donors (Lipinski definition) is 1. The lowest BCUT2D eigenvalue weighted by Crippen LogP contribution is -1.90. The normalized spacial score (nSPS) is 10.1. The summed E-state index contributed by atoms with van der Waals surface area (Å²) in [5, 5.41) is 16.8. The fourth-order valence-corrected chi connectivity index (χ4v) is 1.37. The summed E-state index contributed by atoms with van der Waals surface area (Å²) >= 11 is 5.72. The standard InChI is InChI=1S/C9H6ClN3O3/c10-7-5-6(1-2-8(7)13(14)15)16-9-3-4-11-12-9/h1-5H,(H,11,12). The topological polar surface area (TPSA) is 81.1 Å². The lowest BCUT2D eigenvalue weighted by molar-refractivity contribution is -0.384. The van der Waals surface area contributed by atoms with E-state index in [4.69, 9.17) is 16.3 Å². The van der Waals surface area contributed by atoms with Crippen molar-refractivity contribution < 1.29 is 9.66 Å². The fourth-order valence-electron chi connectivity index (χ4n) is 1.13. The molecule has 2 rings (SSSR count). The first-order valence-electron chi connectivity index (χ1n) is 4.28. The van der Waals surface area contributed by atoms with Crippen LogP contribution in [-0.2, 0) is 0 Å². The molecule has 0 spiro atoms. The van der Waals surface area contributed by atoms with Crippen LogP contribution in [0.3, 0.4) is 0 Å². The summed E-state index contributed by atoms with van der Waals surface area (Å²) < 4.78 is 5.31. The van der Waals surface area contributed by atoms with Crippen LogP contribution >= 0.6 is 11.6 Å². The van der Waals surface area contributed by atoms with Gasteiger partial charge in [0, 0.05) is 18.2 Å². The van der Waals surface area contributed by atoms with E-state index in [0.717, 1.165) is 0 Å². The molecular formula is C9H6ClN3O3. The van der Waals surface area contributed by atoms with Gasteiger partial charge in [-0.2, -0.15) is 5.10 Å². The van der Waals surface area contributed by atoms with Crippen molar-refractivity contribution in [3.63, 3.8) is 0 Å². The number of nitrogens with zero attached hydrogens (tertiary/aromatic N) is 2. The molecule has 0 aliphatic carbocycles. The fraction of sp³-hybridized carbons (Fsp3) is 0. The van der Waals surface area contributed by atoms with Gasteiger partial charge in [-0.25, -0.2) is 5.10 Å². The molecule has 0 aliphatic rings. The molecule has 0 radical (unpaired) electrons. The summed E-state index contributed by atoms with van der Waals surface area (Å²) in [6, 6.07) is 5.74. The zero-order chi connectivity index (χ0) is 11.5. The molecule has 6 nitrogen and oxygen atoms in total. The zero-order valence-corrected chi connectivity index (χ0v) is 8.64. The number of nitro benzene ring substituents is 1. The van der Waals surface area contributed by atoms with E-state index in [2.05, 4.69) is 10.2 Å². The van der Waals surface area contributed by atoms with Crippen LogP contribution in [0.4, 0.5) is 5.69 Å². The minimum atomic E-state index is -0.553. The van der Waals surface area contributed by atoms with Gasteiger partial charge >= 0.3 is 0 Å². The van der Waals surface area contributed by atoms with Crippen molar-refractivity contribution >= 4 is 17.3 Å². The lowest BCUT2D eigenvalue weighted by Gasteiger charge is -2.02. The molecule has 1 N–H and O–H groups in total. The SMILES string of the molecule is O=[N+]([O-])c1ccc(Oc2ccn[nH]2)cc1Cl. The number of rotatable bonds is 3. The van der Waals surface area contributed by atoms with E-state index >= 15 is 0 Å². The van der Waals surface area contributed by atoms with Gasteiger partial charge in [0.05, 0.1) is 11.1 Å². The van der Waals surface area contributed by atoms with Gasteiger partial charge in [-0.1, -0.05) is 11.6 Å². The summed E-state index contributed by atoms with van der Waals surface area (Å²) in [5.74, 6) is 0.838. The van der Waals surface area contributed by atoms with E-state index in [0.29, 0.717) is 11.6 Å². The van der Waals surface area contributed by atoms with Crippen molar-refractivity contribution in [2.75, 3.05) is 0 Å². The molecule has 2 aromatic rings. The second kappa shape index (κ2) is 4.19. The van der Waals surface area contributed by atoms with E-state index in [1.807, 2.05) is 0 Å². The first-order valence-corrected chi connectivity index (χ1v) is 4.66. The highest BCUT2D eigenvalue weighted by Crippen LogP contribution is 2.30. The molecular weight excluding hydrogens is 234 g/mol. The summed E-state index contributed by atoms with van der Waals surface area (Å²) in [5.41, 5.74) is -0.154. The molecule has 0 saturated carbocycles. The van der Waals surface area contributed by atoms with Crippen molar-refractivity contribution in [3.8, 4) is 11.6 Å². The summed E-state index contributed by atoms with van der Waals surface area (Å²) in [4.78, 5) is 9.96. The first-order chi connectivity index (χ1) is 7.66. The van der Waals surface area contributed by atoms with Crippen LogP contribution in [-0.4, -0.2) is 15.1 Å². The molecule has 0 bridgehead atoms. The Balaban J connectivity index is 2.24. The van der Waals surface area contributed by atoms with Crippen LogP contribution in [0.25, 0.3) is 0 Å². The Hall–Kier alpha value is -2.08. The third kappa shape index (κ3) is 2.12. The van der Waals surface area contributed by atoms with Crippen LogP contribution < -0.4 is 4.74 Å². The molecule has 7 heteroatoms. The van der Waals surface area contributed by atoms with Gasteiger partial charge in [-0.15, -0.1) is 0 Å².